The number of carbonyl (C=O) groups excluding carboxylic acids is 1. The second-order valence-electron chi connectivity index (χ2n) is 4.86. The molecule has 1 rings (SSSR count). The molecule has 4 heteroatoms. The first-order valence-electron chi connectivity index (χ1n) is 6.68. The van der Waals surface area contributed by atoms with Gasteiger partial charge in [-0.3, -0.25) is 0 Å². The fraction of sp³-hybridized carbons (Fsp3) is 0.643. The smallest absolute Gasteiger partial charge is 0.317 e. The zero-order valence-corrected chi connectivity index (χ0v) is 12.4. The molecule has 0 saturated heterocycles. The Bertz CT molecular complexity index is 336. The van der Waals surface area contributed by atoms with Crippen molar-refractivity contribution in [3.8, 4) is 0 Å². The van der Waals surface area contributed by atoms with Crippen LogP contribution in [0.4, 0.5) is 4.79 Å². The quantitative estimate of drug-likeness (QED) is 0.751. The molecule has 3 nitrogen and oxygen atoms in total. The SMILES string of the molecule is CCN(Cc1cccs1)C(=O)NCCCC(C)C. The maximum atomic E-state index is 12.0. The molecule has 1 aromatic rings. The van der Waals surface area contributed by atoms with Crippen molar-refractivity contribution >= 4 is 17.4 Å². The number of thiophene rings is 1. The van der Waals surface area contributed by atoms with Crippen molar-refractivity contribution in [1.29, 1.82) is 0 Å². The van der Waals surface area contributed by atoms with E-state index in [0.717, 1.165) is 25.9 Å². The van der Waals surface area contributed by atoms with E-state index in [0.29, 0.717) is 12.5 Å². The Morgan fingerprint density at radius 3 is 2.83 bits per heavy atom. The summed E-state index contributed by atoms with van der Waals surface area (Å²) in [6, 6.07) is 4.14. The largest absolute Gasteiger partial charge is 0.338 e. The number of nitrogens with one attached hydrogen (secondary N) is 1. The van der Waals surface area contributed by atoms with Gasteiger partial charge in [-0.05, 0) is 37.1 Å². The van der Waals surface area contributed by atoms with Gasteiger partial charge in [0.1, 0.15) is 0 Å². The van der Waals surface area contributed by atoms with E-state index < -0.39 is 0 Å². The van der Waals surface area contributed by atoms with Gasteiger partial charge in [-0.1, -0.05) is 19.9 Å². The maximum Gasteiger partial charge on any atom is 0.317 e. The lowest BCUT2D eigenvalue weighted by Gasteiger charge is -2.20. The van der Waals surface area contributed by atoms with Crippen molar-refractivity contribution in [2.24, 2.45) is 5.92 Å². The van der Waals surface area contributed by atoms with Gasteiger partial charge in [-0.15, -0.1) is 11.3 Å². The molecule has 102 valence electrons. The number of hydrogen-bond acceptors (Lipinski definition) is 2. The highest BCUT2D eigenvalue weighted by molar-refractivity contribution is 7.09. The molecule has 1 aromatic heterocycles. The Labute approximate surface area is 114 Å². The first kappa shape index (κ1) is 15.0. The van der Waals surface area contributed by atoms with Gasteiger partial charge in [-0.2, -0.15) is 0 Å². The van der Waals surface area contributed by atoms with Gasteiger partial charge >= 0.3 is 6.03 Å². The molecule has 2 amide bonds. The third-order valence-electron chi connectivity index (χ3n) is 2.83. The van der Waals surface area contributed by atoms with Crippen molar-refractivity contribution in [2.45, 2.75) is 40.2 Å². The lowest BCUT2D eigenvalue weighted by atomic mass is 10.1. The number of carbonyl (C=O) groups is 1. The Balaban J connectivity index is 2.29. The topological polar surface area (TPSA) is 32.3 Å². The molecule has 0 unspecified atom stereocenters. The molecule has 18 heavy (non-hydrogen) atoms. The Kier molecular flexibility index (Phi) is 6.80. The lowest BCUT2D eigenvalue weighted by molar-refractivity contribution is 0.198. The number of hydrogen-bond donors (Lipinski definition) is 1. The molecule has 1 N–H and O–H groups in total. The minimum Gasteiger partial charge on any atom is -0.338 e. The Hall–Kier alpha value is -1.03. The number of urea groups is 1. The van der Waals surface area contributed by atoms with Crippen LogP contribution in [0.3, 0.4) is 0 Å². The van der Waals surface area contributed by atoms with Crippen LogP contribution in [0.5, 0.6) is 0 Å². The van der Waals surface area contributed by atoms with Gasteiger partial charge in [0.25, 0.3) is 0 Å². The molecule has 0 spiro atoms. The van der Waals surface area contributed by atoms with Crippen LogP contribution in [0.25, 0.3) is 0 Å². The first-order valence-corrected chi connectivity index (χ1v) is 7.56. The molecule has 0 radical (unpaired) electrons. The van der Waals surface area contributed by atoms with Crippen LogP contribution in [0.2, 0.25) is 0 Å². The van der Waals surface area contributed by atoms with Crippen LogP contribution < -0.4 is 5.32 Å². The second kappa shape index (κ2) is 8.14. The summed E-state index contributed by atoms with van der Waals surface area (Å²) in [6.45, 7) is 8.66. The van der Waals surface area contributed by atoms with Crippen LogP contribution in [-0.4, -0.2) is 24.0 Å². The zero-order chi connectivity index (χ0) is 13.4. The highest BCUT2D eigenvalue weighted by Gasteiger charge is 2.11. The predicted molar refractivity (Wildman–Crippen MR) is 77.9 cm³/mol. The van der Waals surface area contributed by atoms with E-state index in [4.69, 9.17) is 0 Å². The number of nitrogens with zero attached hydrogens (tertiary/aromatic N) is 1. The third-order valence-corrected chi connectivity index (χ3v) is 3.69. The fourth-order valence-electron chi connectivity index (χ4n) is 1.74. The van der Waals surface area contributed by atoms with E-state index in [2.05, 4.69) is 25.2 Å². The first-order chi connectivity index (χ1) is 8.63. The molecule has 0 atom stereocenters. The monoisotopic (exact) mass is 268 g/mol. The van der Waals surface area contributed by atoms with Crippen LogP contribution in [-0.2, 0) is 6.54 Å². The summed E-state index contributed by atoms with van der Waals surface area (Å²) in [4.78, 5) is 15.0. The minimum absolute atomic E-state index is 0.0506. The van der Waals surface area contributed by atoms with Gasteiger partial charge in [-0.25, -0.2) is 4.79 Å². The van der Waals surface area contributed by atoms with E-state index in [1.807, 2.05) is 23.3 Å². The molecule has 0 aliphatic rings. The summed E-state index contributed by atoms with van der Waals surface area (Å²) in [5.41, 5.74) is 0. The van der Waals surface area contributed by atoms with E-state index in [1.54, 1.807) is 11.3 Å². The summed E-state index contributed by atoms with van der Waals surface area (Å²) in [6.07, 6.45) is 2.22. The van der Waals surface area contributed by atoms with Gasteiger partial charge in [0.2, 0.25) is 0 Å². The average molecular weight is 268 g/mol. The van der Waals surface area contributed by atoms with E-state index >= 15 is 0 Å². The number of rotatable bonds is 7. The second-order valence-corrected chi connectivity index (χ2v) is 5.89. The molecule has 0 saturated carbocycles. The lowest BCUT2D eigenvalue weighted by Crippen LogP contribution is -2.39. The normalized spacial score (nSPS) is 10.7. The van der Waals surface area contributed by atoms with Crippen molar-refractivity contribution in [1.82, 2.24) is 10.2 Å². The van der Waals surface area contributed by atoms with E-state index in [-0.39, 0.29) is 6.03 Å². The summed E-state index contributed by atoms with van der Waals surface area (Å²) in [7, 11) is 0. The molecular weight excluding hydrogens is 244 g/mol. The highest BCUT2D eigenvalue weighted by atomic mass is 32.1. The van der Waals surface area contributed by atoms with Gasteiger partial charge in [0.15, 0.2) is 0 Å². The summed E-state index contributed by atoms with van der Waals surface area (Å²) in [5.74, 6) is 0.704. The summed E-state index contributed by atoms with van der Waals surface area (Å²) < 4.78 is 0. The van der Waals surface area contributed by atoms with Gasteiger partial charge in [0.05, 0.1) is 6.54 Å². The van der Waals surface area contributed by atoms with E-state index in [1.165, 1.54) is 4.88 Å². The minimum atomic E-state index is 0.0506. The molecule has 0 fully saturated rings. The number of amides is 2. The van der Waals surface area contributed by atoms with Crippen LogP contribution in [0.15, 0.2) is 17.5 Å². The molecule has 0 bridgehead atoms. The highest BCUT2D eigenvalue weighted by Crippen LogP contribution is 2.11. The molecule has 0 aliphatic heterocycles. The average Bonchev–Trinajstić information content (AvgIpc) is 2.84. The Morgan fingerprint density at radius 2 is 2.28 bits per heavy atom. The van der Waals surface area contributed by atoms with Crippen molar-refractivity contribution in [2.75, 3.05) is 13.1 Å². The molecule has 0 aliphatic carbocycles. The van der Waals surface area contributed by atoms with E-state index in [9.17, 15) is 4.79 Å². The van der Waals surface area contributed by atoms with Crippen molar-refractivity contribution in [3.05, 3.63) is 22.4 Å². The van der Waals surface area contributed by atoms with Crippen LogP contribution in [0, 0.1) is 5.92 Å². The standard InChI is InChI=1S/C14H24N2OS/c1-4-16(11-13-8-6-10-18-13)14(17)15-9-5-7-12(2)3/h6,8,10,12H,4-5,7,9,11H2,1-3H3,(H,15,17). The van der Waals surface area contributed by atoms with Gasteiger partial charge < -0.3 is 10.2 Å². The fourth-order valence-corrected chi connectivity index (χ4v) is 2.45. The maximum absolute atomic E-state index is 12.0. The molecule has 1 heterocycles. The van der Waals surface area contributed by atoms with Crippen molar-refractivity contribution < 1.29 is 4.79 Å². The van der Waals surface area contributed by atoms with Gasteiger partial charge in [0, 0.05) is 18.0 Å². The summed E-state index contributed by atoms with van der Waals surface area (Å²) in [5, 5.41) is 5.04. The molecule has 0 aromatic carbocycles. The summed E-state index contributed by atoms with van der Waals surface area (Å²) >= 11 is 1.69. The zero-order valence-electron chi connectivity index (χ0n) is 11.6. The van der Waals surface area contributed by atoms with Crippen molar-refractivity contribution in [3.63, 3.8) is 0 Å². The van der Waals surface area contributed by atoms with Crippen LogP contribution in [0.1, 0.15) is 38.5 Å². The molecular formula is C14H24N2OS. The third kappa shape index (κ3) is 5.54. The van der Waals surface area contributed by atoms with Crippen LogP contribution >= 0.6 is 11.3 Å². The predicted octanol–water partition coefficient (Wildman–Crippen LogP) is 3.72. The Morgan fingerprint density at radius 1 is 1.50 bits per heavy atom.